The van der Waals surface area contributed by atoms with Crippen molar-refractivity contribution in [2.75, 3.05) is 5.32 Å². The van der Waals surface area contributed by atoms with Crippen LogP contribution in [0.4, 0.5) is 5.69 Å². The first-order valence-electron chi connectivity index (χ1n) is 8.45. The molecular weight excluding hydrogens is 340 g/mol. The molecule has 0 atom stereocenters. The van der Waals surface area contributed by atoms with Crippen LogP contribution in [0.5, 0.6) is 0 Å². The Morgan fingerprint density at radius 3 is 2.38 bits per heavy atom. The highest BCUT2D eigenvalue weighted by Crippen LogP contribution is 2.34. The fraction of sp³-hybridized carbons (Fsp3) is 0.0909. The second-order valence-corrected chi connectivity index (χ2v) is 7.39. The average Bonchev–Trinajstić information content (AvgIpc) is 3.05. The van der Waals surface area contributed by atoms with Crippen LogP contribution in [-0.4, -0.2) is 10.9 Å². The molecule has 0 unspecified atom stereocenters. The SMILES string of the molecule is Cc1cc(C)cc(C(=O)Nc2ccccc2-c2nc3ccccc3s2)c1. The van der Waals surface area contributed by atoms with Crippen molar-refractivity contribution in [3.05, 3.63) is 83.4 Å². The number of hydrogen-bond donors (Lipinski definition) is 1. The van der Waals surface area contributed by atoms with E-state index in [0.29, 0.717) is 5.56 Å². The first-order chi connectivity index (χ1) is 12.6. The normalized spacial score (nSPS) is 10.8. The molecule has 0 aliphatic carbocycles. The maximum Gasteiger partial charge on any atom is 0.255 e. The summed E-state index contributed by atoms with van der Waals surface area (Å²) in [5, 5.41) is 3.96. The number of nitrogens with zero attached hydrogens (tertiary/aromatic N) is 1. The second-order valence-electron chi connectivity index (χ2n) is 6.36. The van der Waals surface area contributed by atoms with E-state index in [2.05, 4.69) is 17.4 Å². The van der Waals surface area contributed by atoms with E-state index in [4.69, 9.17) is 4.98 Å². The van der Waals surface area contributed by atoms with Crippen LogP contribution < -0.4 is 5.32 Å². The molecule has 1 aromatic heterocycles. The molecule has 0 saturated heterocycles. The van der Waals surface area contributed by atoms with E-state index < -0.39 is 0 Å². The van der Waals surface area contributed by atoms with Crippen molar-refractivity contribution >= 4 is 33.1 Å². The summed E-state index contributed by atoms with van der Waals surface area (Å²) in [5.41, 5.74) is 5.51. The van der Waals surface area contributed by atoms with Gasteiger partial charge in [0.15, 0.2) is 0 Å². The van der Waals surface area contributed by atoms with Gasteiger partial charge in [0, 0.05) is 11.1 Å². The molecule has 1 amide bonds. The van der Waals surface area contributed by atoms with E-state index in [-0.39, 0.29) is 5.91 Å². The number of hydrogen-bond acceptors (Lipinski definition) is 3. The van der Waals surface area contributed by atoms with E-state index >= 15 is 0 Å². The number of carbonyl (C=O) groups is 1. The first-order valence-corrected chi connectivity index (χ1v) is 9.26. The zero-order valence-electron chi connectivity index (χ0n) is 14.6. The van der Waals surface area contributed by atoms with Gasteiger partial charge in [-0.1, -0.05) is 41.5 Å². The number of fused-ring (bicyclic) bond motifs is 1. The summed E-state index contributed by atoms with van der Waals surface area (Å²) in [5.74, 6) is -0.106. The Balaban J connectivity index is 1.70. The lowest BCUT2D eigenvalue weighted by Crippen LogP contribution is -2.13. The molecule has 26 heavy (non-hydrogen) atoms. The summed E-state index contributed by atoms with van der Waals surface area (Å²) >= 11 is 1.63. The Kier molecular flexibility index (Phi) is 4.27. The first kappa shape index (κ1) is 16.5. The minimum absolute atomic E-state index is 0.106. The molecule has 0 radical (unpaired) electrons. The molecule has 4 rings (SSSR count). The average molecular weight is 358 g/mol. The Morgan fingerprint density at radius 2 is 1.62 bits per heavy atom. The quantitative estimate of drug-likeness (QED) is 0.500. The number of nitrogens with one attached hydrogen (secondary N) is 1. The van der Waals surface area contributed by atoms with Crippen LogP contribution >= 0.6 is 11.3 Å². The maximum atomic E-state index is 12.7. The molecule has 0 aliphatic rings. The van der Waals surface area contributed by atoms with E-state index in [1.807, 2.05) is 68.4 Å². The summed E-state index contributed by atoms with van der Waals surface area (Å²) in [6.45, 7) is 4.00. The third kappa shape index (κ3) is 3.24. The topological polar surface area (TPSA) is 42.0 Å². The third-order valence-electron chi connectivity index (χ3n) is 4.18. The maximum absolute atomic E-state index is 12.7. The van der Waals surface area contributed by atoms with Crippen LogP contribution in [0, 0.1) is 13.8 Å². The van der Waals surface area contributed by atoms with Crippen LogP contribution in [0.25, 0.3) is 20.8 Å². The zero-order chi connectivity index (χ0) is 18.1. The molecule has 3 aromatic carbocycles. The van der Waals surface area contributed by atoms with Gasteiger partial charge in [-0.05, 0) is 50.2 Å². The van der Waals surface area contributed by atoms with E-state index in [1.54, 1.807) is 11.3 Å². The molecule has 3 nitrogen and oxygen atoms in total. The number of benzene rings is 3. The molecule has 4 aromatic rings. The van der Waals surface area contributed by atoms with Crippen LogP contribution in [0.2, 0.25) is 0 Å². The van der Waals surface area contributed by atoms with Crippen LogP contribution in [0.1, 0.15) is 21.5 Å². The van der Waals surface area contributed by atoms with Gasteiger partial charge in [-0.2, -0.15) is 0 Å². The fourth-order valence-corrected chi connectivity index (χ4v) is 4.07. The predicted molar refractivity (Wildman–Crippen MR) is 109 cm³/mol. The second kappa shape index (κ2) is 6.73. The molecule has 1 heterocycles. The number of para-hydroxylation sites is 2. The number of thiazole rings is 1. The van der Waals surface area contributed by atoms with Gasteiger partial charge in [-0.15, -0.1) is 11.3 Å². The number of carbonyl (C=O) groups excluding carboxylic acids is 1. The van der Waals surface area contributed by atoms with Crippen LogP contribution in [-0.2, 0) is 0 Å². The van der Waals surface area contributed by atoms with Crippen molar-refractivity contribution in [2.45, 2.75) is 13.8 Å². The van der Waals surface area contributed by atoms with E-state index in [1.165, 1.54) is 0 Å². The van der Waals surface area contributed by atoms with Gasteiger partial charge in [0.1, 0.15) is 5.01 Å². The monoisotopic (exact) mass is 358 g/mol. The van der Waals surface area contributed by atoms with E-state index in [9.17, 15) is 4.79 Å². The van der Waals surface area contributed by atoms with Gasteiger partial charge in [0.2, 0.25) is 0 Å². The van der Waals surface area contributed by atoms with Crippen molar-refractivity contribution in [3.63, 3.8) is 0 Å². The number of aryl methyl sites for hydroxylation is 2. The van der Waals surface area contributed by atoms with Gasteiger partial charge in [-0.3, -0.25) is 4.79 Å². The molecular formula is C22H18N2OS. The van der Waals surface area contributed by atoms with Gasteiger partial charge < -0.3 is 5.32 Å². The molecule has 0 bridgehead atoms. The summed E-state index contributed by atoms with van der Waals surface area (Å²) in [6, 6.07) is 21.7. The van der Waals surface area contributed by atoms with Gasteiger partial charge >= 0.3 is 0 Å². The summed E-state index contributed by atoms with van der Waals surface area (Å²) in [6.07, 6.45) is 0. The van der Waals surface area contributed by atoms with Gasteiger partial charge in [0.05, 0.1) is 15.9 Å². The van der Waals surface area contributed by atoms with Crippen molar-refractivity contribution in [2.24, 2.45) is 0 Å². The van der Waals surface area contributed by atoms with Crippen molar-refractivity contribution in [1.29, 1.82) is 0 Å². The standard InChI is InChI=1S/C22H18N2OS/c1-14-11-15(2)13-16(12-14)21(25)23-18-8-4-3-7-17(18)22-24-19-9-5-6-10-20(19)26-22/h3-13H,1-2H3,(H,23,25). The lowest BCUT2D eigenvalue weighted by atomic mass is 10.1. The Bertz CT molecular complexity index is 1060. The summed E-state index contributed by atoms with van der Waals surface area (Å²) < 4.78 is 1.14. The predicted octanol–water partition coefficient (Wildman–Crippen LogP) is 5.83. The molecule has 1 N–H and O–H groups in total. The molecule has 0 saturated carbocycles. The van der Waals surface area contributed by atoms with Crippen LogP contribution in [0.3, 0.4) is 0 Å². The lowest BCUT2D eigenvalue weighted by Gasteiger charge is -2.10. The molecule has 0 fully saturated rings. The van der Waals surface area contributed by atoms with Crippen molar-refractivity contribution in [1.82, 2.24) is 4.98 Å². The number of anilines is 1. The lowest BCUT2D eigenvalue weighted by molar-refractivity contribution is 0.102. The van der Waals surface area contributed by atoms with Gasteiger partial charge in [-0.25, -0.2) is 4.98 Å². The summed E-state index contributed by atoms with van der Waals surface area (Å²) in [7, 11) is 0. The number of amides is 1. The van der Waals surface area contributed by atoms with Crippen molar-refractivity contribution in [3.8, 4) is 10.6 Å². The highest BCUT2D eigenvalue weighted by molar-refractivity contribution is 7.21. The third-order valence-corrected chi connectivity index (χ3v) is 5.25. The van der Waals surface area contributed by atoms with Gasteiger partial charge in [0.25, 0.3) is 5.91 Å². The van der Waals surface area contributed by atoms with Crippen molar-refractivity contribution < 1.29 is 4.79 Å². The Morgan fingerprint density at radius 1 is 0.923 bits per heavy atom. The number of aromatic nitrogens is 1. The largest absolute Gasteiger partial charge is 0.321 e. The highest BCUT2D eigenvalue weighted by Gasteiger charge is 2.13. The Hall–Kier alpha value is -2.98. The molecule has 4 heteroatoms. The van der Waals surface area contributed by atoms with Crippen LogP contribution in [0.15, 0.2) is 66.7 Å². The Labute approximate surface area is 156 Å². The summed E-state index contributed by atoms with van der Waals surface area (Å²) in [4.78, 5) is 17.5. The molecule has 0 aliphatic heterocycles. The number of rotatable bonds is 3. The molecule has 128 valence electrons. The fourth-order valence-electron chi connectivity index (χ4n) is 3.07. The highest BCUT2D eigenvalue weighted by atomic mass is 32.1. The molecule has 0 spiro atoms. The van der Waals surface area contributed by atoms with E-state index in [0.717, 1.165) is 37.6 Å². The zero-order valence-corrected chi connectivity index (χ0v) is 15.4. The minimum atomic E-state index is -0.106. The minimum Gasteiger partial charge on any atom is -0.321 e. The smallest absolute Gasteiger partial charge is 0.255 e.